The molecule has 0 saturated carbocycles. The van der Waals surface area contributed by atoms with Crippen LogP contribution in [0.4, 0.5) is 11.4 Å². The first kappa shape index (κ1) is 13.0. The van der Waals surface area contributed by atoms with E-state index in [0.29, 0.717) is 12.0 Å². The Kier molecular flexibility index (Phi) is 3.66. The summed E-state index contributed by atoms with van der Waals surface area (Å²) < 4.78 is 5.28. The smallest absolute Gasteiger partial charge is 0.121 e. The first-order valence-corrected chi connectivity index (χ1v) is 6.37. The number of methoxy groups -OCH3 is 1. The summed E-state index contributed by atoms with van der Waals surface area (Å²) in [6.45, 7) is 4.35. The highest BCUT2D eigenvalue weighted by molar-refractivity contribution is 5.70. The number of hydrogen-bond donors (Lipinski definition) is 1. The Balaban J connectivity index is 2.23. The third-order valence-electron chi connectivity index (χ3n) is 3.81. The largest absolute Gasteiger partial charge is 0.497 e. The molecule has 0 radical (unpaired) electrons. The number of nitrogens with zero attached hydrogens (tertiary/aromatic N) is 2. The van der Waals surface area contributed by atoms with E-state index in [1.807, 2.05) is 18.2 Å². The van der Waals surface area contributed by atoms with Crippen LogP contribution in [0, 0.1) is 5.92 Å². The van der Waals surface area contributed by atoms with Crippen LogP contribution in [-0.2, 0) is 0 Å². The Hall–Kier alpha value is -1.42. The van der Waals surface area contributed by atoms with Gasteiger partial charge >= 0.3 is 0 Å². The van der Waals surface area contributed by atoms with Crippen LogP contribution in [0.15, 0.2) is 18.2 Å². The fraction of sp³-hybridized carbons (Fsp3) is 0.571. The molecule has 4 nitrogen and oxygen atoms in total. The van der Waals surface area contributed by atoms with Crippen molar-refractivity contribution in [3.05, 3.63) is 18.2 Å². The third kappa shape index (κ3) is 2.38. The van der Waals surface area contributed by atoms with Gasteiger partial charge in [-0.05, 0) is 32.1 Å². The van der Waals surface area contributed by atoms with E-state index in [-0.39, 0.29) is 0 Å². The van der Waals surface area contributed by atoms with Crippen molar-refractivity contribution >= 4 is 11.4 Å². The number of benzene rings is 1. The predicted octanol–water partition coefficient (Wildman–Crippen LogP) is 1.66. The van der Waals surface area contributed by atoms with Crippen LogP contribution in [-0.4, -0.2) is 45.2 Å². The fourth-order valence-electron chi connectivity index (χ4n) is 2.74. The van der Waals surface area contributed by atoms with Crippen molar-refractivity contribution < 1.29 is 4.74 Å². The van der Waals surface area contributed by atoms with E-state index in [0.717, 1.165) is 30.2 Å². The van der Waals surface area contributed by atoms with Gasteiger partial charge in [-0.2, -0.15) is 0 Å². The fourth-order valence-corrected chi connectivity index (χ4v) is 2.74. The van der Waals surface area contributed by atoms with Crippen molar-refractivity contribution in [2.75, 3.05) is 44.9 Å². The molecule has 0 bridgehead atoms. The molecular weight excluding hydrogens is 226 g/mol. The first-order chi connectivity index (χ1) is 8.52. The highest BCUT2D eigenvalue weighted by Gasteiger charge is 2.31. The van der Waals surface area contributed by atoms with Gasteiger partial charge < -0.3 is 20.3 Å². The standard InChI is InChI=1S/C14H23N3O/c1-10-8-17(9-14(10)16(2)3)13-7-11(18-4)5-6-12(13)15/h5-7,10,14H,8-9,15H2,1-4H3. The minimum Gasteiger partial charge on any atom is -0.497 e. The first-order valence-electron chi connectivity index (χ1n) is 6.37. The minimum absolute atomic E-state index is 0.579. The lowest BCUT2D eigenvalue weighted by Crippen LogP contribution is -2.34. The van der Waals surface area contributed by atoms with Gasteiger partial charge in [0.15, 0.2) is 0 Å². The Morgan fingerprint density at radius 2 is 2.06 bits per heavy atom. The number of nitrogen functional groups attached to an aromatic ring is 1. The molecule has 2 N–H and O–H groups in total. The molecule has 0 spiro atoms. The maximum atomic E-state index is 6.08. The monoisotopic (exact) mass is 249 g/mol. The molecule has 0 aliphatic carbocycles. The second kappa shape index (κ2) is 5.06. The maximum absolute atomic E-state index is 6.08. The Morgan fingerprint density at radius 1 is 1.33 bits per heavy atom. The molecule has 18 heavy (non-hydrogen) atoms. The van der Waals surface area contributed by atoms with Crippen molar-refractivity contribution in [2.45, 2.75) is 13.0 Å². The van der Waals surface area contributed by atoms with Gasteiger partial charge in [0.2, 0.25) is 0 Å². The van der Waals surface area contributed by atoms with Gasteiger partial charge in [0.05, 0.1) is 18.5 Å². The summed E-state index contributed by atoms with van der Waals surface area (Å²) in [6.07, 6.45) is 0. The summed E-state index contributed by atoms with van der Waals surface area (Å²) in [5, 5.41) is 0. The van der Waals surface area contributed by atoms with E-state index in [9.17, 15) is 0 Å². The van der Waals surface area contributed by atoms with Crippen LogP contribution in [0.2, 0.25) is 0 Å². The van der Waals surface area contributed by atoms with E-state index in [2.05, 4.69) is 30.8 Å². The number of ether oxygens (including phenoxy) is 1. The van der Waals surface area contributed by atoms with Crippen LogP contribution >= 0.6 is 0 Å². The zero-order valence-corrected chi connectivity index (χ0v) is 11.7. The molecule has 1 aromatic rings. The minimum atomic E-state index is 0.579. The van der Waals surface area contributed by atoms with Crippen LogP contribution in [0.5, 0.6) is 5.75 Å². The van der Waals surface area contributed by atoms with Gasteiger partial charge in [-0.15, -0.1) is 0 Å². The van der Waals surface area contributed by atoms with E-state index in [1.54, 1.807) is 7.11 Å². The predicted molar refractivity (Wildman–Crippen MR) is 76.3 cm³/mol. The molecule has 1 aliphatic rings. The highest BCUT2D eigenvalue weighted by Crippen LogP contribution is 2.33. The molecule has 1 aromatic carbocycles. The molecule has 2 atom stereocenters. The van der Waals surface area contributed by atoms with Crippen molar-refractivity contribution in [3.8, 4) is 5.75 Å². The average molecular weight is 249 g/mol. The normalized spacial score (nSPS) is 23.7. The Labute approximate surface area is 109 Å². The van der Waals surface area contributed by atoms with Crippen LogP contribution < -0.4 is 15.4 Å². The van der Waals surface area contributed by atoms with Crippen molar-refractivity contribution in [3.63, 3.8) is 0 Å². The molecule has 1 aliphatic heterocycles. The number of anilines is 2. The second-order valence-electron chi connectivity index (χ2n) is 5.34. The zero-order valence-electron chi connectivity index (χ0n) is 11.7. The summed E-state index contributed by atoms with van der Waals surface area (Å²) in [5.41, 5.74) is 7.99. The van der Waals surface area contributed by atoms with Gasteiger partial charge in [0, 0.05) is 25.2 Å². The van der Waals surface area contributed by atoms with Crippen molar-refractivity contribution in [2.24, 2.45) is 5.92 Å². The van der Waals surface area contributed by atoms with Gasteiger partial charge in [-0.1, -0.05) is 6.92 Å². The van der Waals surface area contributed by atoms with E-state index in [4.69, 9.17) is 10.5 Å². The quantitative estimate of drug-likeness (QED) is 0.827. The number of nitrogens with two attached hydrogens (primary N) is 1. The highest BCUT2D eigenvalue weighted by atomic mass is 16.5. The average Bonchev–Trinajstić information content (AvgIpc) is 2.72. The van der Waals surface area contributed by atoms with E-state index < -0.39 is 0 Å². The molecule has 100 valence electrons. The summed E-state index contributed by atoms with van der Waals surface area (Å²) in [7, 11) is 5.96. The van der Waals surface area contributed by atoms with Gasteiger partial charge in [0.25, 0.3) is 0 Å². The SMILES string of the molecule is COc1ccc(N)c(N2CC(C)C(N(C)C)C2)c1. The van der Waals surface area contributed by atoms with Gasteiger partial charge in [-0.25, -0.2) is 0 Å². The van der Waals surface area contributed by atoms with Crippen molar-refractivity contribution in [1.82, 2.24) is 4.90 Å². The molecule has 1 heterocycles. The number of likely N-dealkylation sites (N-methyl/N-ethyl adjacent to an activating group) is 1. The third-order valence-corrected chi connectivity index (χ3v) is 3.81. The van der Waals surface area contributed by atoms with Crippen LogP contribution in [0.3, 0.4) is 0 Å². The lowest BCUT2D eigenvalue weighted by Gasteiger charge is -2.23. The molecule has 0 aromatic heterocycles. The Bertz CT molecular complexity index is 420. The summed E-state index contributed by atoms with van der Waals surface area (Å²) in [5.74, 6) is 1.51. The number of rotatable bonds is 3. The lowest BCUT2D eigenvalue weighted by molar-refractivity contribution is 0.266. The second-order valence-corrected chi connectivity index (χ2v) is 5.34. The lowest BCUT2D eigenvalue weighted by atomic mass is 10.1. The van der Waals surface area contributed by atoms with Crippen LogP contribution in [0.1, 0.15) is 6.92 Å². The maximum Gasteiger partial charge on any atom is 0.121 e. The zero-order chi connectivity index (χ0) is 13.3. The molecule has 2 unspecified atom stereocenters. The molecule has 1 saturated heterocycles. The molecule has 1 fully saturated rings. The Morgan fingerprint density at radius 3 is 2.61 bits per heavy atom. The number of hydrogen-bond acceptors (Lipinski definition) is 4. The van der Waals surface area contributed by atoms with E-state index in [1.165, 1.54) is 0 Å². The van der Waals surface area contributed by atoms with Gasteiger partial charge in [0.1, 0.15) is 5.75 Å². The molecule has 2 rings (SSSR count). The summed E-state index contributed by atoms with van der Waals surface area (Å²) in [6, 6.07) is 6.43. The van der Waals surface area contributed by atoms with Crippen molar-refractivity contribution in [1.29, 1.82) is 0 Å². The van der Waals surface area contributed by atoms with Gasteiger partial charge in [-0.3, -0.25) is 0 Å². The summed E-state index contributed by atoms with van der Waals surface area (Å²) in [4.78, 5) is 4.65. The molecule has 0 amide bonds. The molecular formula is C14H23N3O. The van der Waals surface area contributed by atoms with E-state index >= 15 is 0 Å². The van der Waals surface area contributed by atoms with Crippen LogP contribution in [0.25, 0.3) is 0 Å². The molecule has 4 heteroatoms. The topological polar surface area (TPSA) is 41.7 Å². The summed E-state index contributed by atoms with van der Waals surface area (Å²) >= 11 is 0.